The molecule has 4 nitrogen and oxygen atoms in total. The van der Waals surface area contributed by atoms with E-state index in [0.717, 1.165) is 17.9 Å². The molecule has 0 saturated carbocycles. The smallest absolute Gasteiger partial charge is 0.387 e. The molecule has 1 unspecified atom stereocenters. The number of rotatable bonds is 4. The highest BCUT2D eigenvalue weighted by Gasteiger charge is 2.32. The molecule has 122 valence electrons. The second-order valence-electron chi connectivity index (χ2n) is 5.26. The predicted molar refractivity (Wildman–Crippen MR) is 78.6 cm³/mol. The Morgan fingerprint density at radius 2 is 2.14 bits per heavy atom. The number of benzene rings is 1. The van der Waals surface area contributed by atoms with Crippen LogP contribution in [0.2, 0.25) is 0 Å². The van der Waals surface area contributed by atoms with Crippen molar-refractivity contribution in [3.63, 3.8) is 0 Å². The molecular weight excluding hydrogens is 317 g/mol. The quantitative estimate of drug-likeness (QED) is 0.792. The van der Waals surface area contributed by atoms with Gasteiger partial charge >= 0.3 is 12.2 Å². The van der Waals surface area contributed by atoms with Crippen LogP contribution in [0.5, 0.6) is 0 Å². The maximum Gasteiger partial charge on any atom is 0.416 e. The molecule has 1 aliphatic heterocycles. The Hall–Kier alpha value is -1.41. The van der Waals surface area contributed by atoms with Gasteiger partial charge in [-0.3, -0.25) is 0 Å². The van der Waals surface area contributed by atoms with E-state index >= 15 is 0 Å². The van der Waals surface area contributed by atoms with Gasteiger partial charge in [-0.2, -0.15) is 24.9 Å². The van der Waals surface area contributed by atoms with Gasteiger partial charge in [0.25, 0.3) is 0 Å². The Bertz CT molecular complexity index is 531. The minimum absolute atomic E-state index is 0.0110. The number of amides is 2. The summed E-state index contributed by atoms with van der Waals surface area (Å²) in [4.78, 5) is 11.6. The van der Waals surface area contributed by atoms with Gasteiger partial charge in [-0.25, -0.2) is 4.79 Å². The lowest BCUT2D eigenvalue weighted by molar-refractivity contribution is -0.137. The van der Waals surface area contributed by atoms with E-state index < -0.39 is 23.4 Å². The number of halogens is 3. The van der Waals surface area contributed by atoms with Crippen molar-refractivity contribution in [3.8, 4) is 0 Å². The highest BCUT2D eigenvalue weighted by molar-refractivity contribution is 7.99. The van der Waals surface area contributed by atoms with Crippen molar-refractivity contribution in [1.29, 1.82) is 0 Å². The SMILES string of the molecule is O=C(NCc1cccc(C(F)(F)F)c1)NCC1(O)CCSC1. The summed E-state index contributed by atoms with van der Waals surface area (Å²) in [5.74, 6) is 1.42. The molecule has 1 aliphatic rings. The summed E-state index contributed by atoms with van der Waals surface area (Å²) >= 11 is 1.62. The van der Waals surface area contributed by atoms with E-state index in [4.69, 9.17) is 0 Å². The average molecular weight is 334 g/mol. The number of hydrogen-bond donors (Lipinski definition) is 3. The fourth-order valence-electron chi connectivity index (χ4n) is 2.08. The van der Waals surface area contributed by atoms with Crippen molar-refractivity contribution in [2.24, 2.45) is 0 Å². The van der Waals surface area contributed by atoms with Gasteiger partial charge in [0.15, 0.2) is 0 Å². The van der Waals surface area contributed by atoms with Crippen molar-refractivity contribution in [3.05, 3.63) is 35.4 Å². The van der Waals surface area contributed by atoms with Crippen LogP contribution in [0, 0.1) is 0 Å². The molecule has 2 amide bonds. The number of hydrogen-bond acceptors (Lipinski definition) is 3. The maximum atomic E-state index is 12.6. The van der Waals surface area contributed by atoms with Gasteiger partial charge in [-0.05, 0) is 29.9 Å². The summed E-state index contributed by atoms with van der Waals surface area (Å²) in [5, 5.41) is 15.1. The Balaban J connectivity index is 1.81. The topological polar surface area (TPSA) is 61.4 Å². The van der Waals surface area contributed by atoms with Gasteiger partial charge in [-0.1, -0.05) is 12.1 Å². The van der Waals surface area contributed by atoms with E-state index in [-0.39, 0.29) is 13.1 Å². The van der Waals surface area contributed by atoms with Crippen LogP contribution < -0.4 is 10.6 Å². The molecule has 1 aromatic rings. The van der Waals surface area contributed by atoms with Gasteiger partial charge in [0, 0.05) is 18.8 Å². The van der Waals surface area contributed by atoms with Crippen LogP contribution in [0.4, 0.5) is 18.0 Å². The number of nitrogens with one attached hydrogen (secondary N) is 2. The van der Waals surface area contributed by atoms with Crippen LogP contribution >= 0.6 is 11.8 Å². The van der Waals surface area contributed by atoms with E-state index in [0.29, 0.717) is 17.7 Å². The summed E-state index contributed by atoms with van der Waals surface area (Å²) in [6.45, 7) is 0.122. The first-order valence-electron chi connectivity index (χ1n) is 6.76. The minimum Gasteiger partial charge on any atom is -0.387 e. The van der Waals surface area contributed by atoms with Crippen molar-refractivity contribution < 1.29 is 23.1 Å². The third-order valence-corrected chi connectivity index (χ3v) is 4.60. The number of urea groups is 1. The highest BCUT2D eigenvalue weighted by atomic mass is 32.2. The van der Waals surface area contributed by atoms with Crippen LogP contribution in [0.25, 0.3) is 0 Å². The molecule has 3 N–H and O–H groups in total. The molecule has 0 radical (unpaired) electrons. The number of thioether (sulfide) groups is 1. The van der Waals surface area contributed by atoms with Crippen molar-refractivity contribution in [1.82, 2.24) is 10.6 Å². The lowest BCUT2D eigenvalue weighted by atomic mass is 10.0. The van der Waals surface area contributed by atoms with Gasteiger partial charge in [0.05, 0.1) is 11.2 Å². The normalized spacial score (nSPS) is 21.6. The van der Waals surface area contributed by atoms with Gasteiger partial charge in [-0.15, -0.1) is 0 Å². The molecule has 1 heterocycles. The lowest BCUT2D eigenvalue weighted by Crippen LogP contribution is -2.46. The Morgan fingerprint density at radius 1 is 1.36 bits per heavy atom. The van der Waals surface area contributed by atoms with Gasteiger partial charge < -0.3 is 15.7 Å². The van der Waals surface area contributed by atoms with Crippen molar-refractivity contribution in [2.75, 3.05) is 18.1 Å². The second kappa shape index (κ2) is 6.78. The molecule has 0 aromatic heterocycles. The van der Waals surface area contributed by atoms with Gasteiger partial charge in [0.1, 0.15) is 0 Å². The predicted octanol–water partition coefficient (Wildman–Crippen LogP) is 2.37. The molecule has 1 aromatic carbocycles. The number of carbonyl (C=O) groups excluding carboxylic acids is 1. The molecule has 8 heteroatoms. The molecule has 0 spiro atoms. The van der Waals surface area contributed by atoms with Crippen LogP contribution in [-0.4, -0.2) is 34.8 Å². The Kier molecular flexibility index (Phi) is 5.23. The largest absolute Gasteiger partial charge is 0.416 e. The monoisotopic (exact) mass is 334 g/mol. The summed E-state index contributed by atoms with van der Waals surface area (Å²) in [6.07, 6.45) is -3.78. The first kappa shape index (κ1) is 17.0. The average Bonchev–Trinajstić information content (AvgIpc) is 2.90. The first-order chi connectivity index (χ1) is 10.3. The van der Waals surface area contributed by atoms with E-state index in [9.17, 15) is 23.1 Å². The number of alkyl halides is 3. The summed E-state index contributed by atoms with van der Waals surface area (Å²) in [6, 6.07) is 4.29. The minimum atomic E-state index is -4.40. The van der Waals surface area contributed by atoms with Crippen LogP contribution in [-0.2, 0) is 12.7 Å². The lowest BCUT2D eigenvalue weighted by Gasteiger charge is -2.21. The fourth-order valence-corrected chi connectivity index (χ4v) is 3.38. The zero-order valence-corrected chi connectivity index (χ0v) is 12.6. The highest BCUT2D eigenvalue weighted by Crippen LogP contribution is 2.29. The Morgan fingerprint density at radius 3 is 2.77 bits per heavy atom. The Labute approximate surface area is 130 Å². The molecular formula is C14H17F3N2O2S. The van der Waals surface area contributed by atoms with E-state index in [1.165, 1.54) is 12.1 Å². The van der Waals surface area contributed by atoms with E-state index in [1.54, 1.807) is 11.8 Å². The second-order valence-corrected chi connectivity index (χ2v) is 6.37. The third-order valence-electron chi connectivity index (χ3n) is 3.37. The van der Waals surface area contributed by atoms with E-state index in [2.05, 4.69) is 10.6 Å². The molecule has 1 atom stereocenters. The van der Waals surface area contributed by atoms with Crippen molar-refractivity contribution in [2.45, 2.75) is 24.7 Å². The fraction of sp³-hybridized carbons (Fsp3) is 0.500. The van der Waals surface area contributed by atoms with Crippen molar-refractivity contribution >= 4 is 17.8 Å². The zero-order valence-electron chi connectivity index (χ0n) is 11.7. The molecule has 0 aliphatic carbocycles. The molecule has 1 saturated heterocycles. The molecule has 0 bridgehead atoms. The summed E-state index contributed by atoms with van der Waals surface area (Å²) in [5.41, 5.74) is -1.28. The zero-order chi connectivity index (χ0) is 16.2. The summed E-state index contributed by atoms with van der Waals surface area (Å²) in [7, 11) is 0. The molecule has 1 fully saturated rings. The van der Waals surface area contributed by atoms with E-state index in [1.807, 2.05) is 0 Å². The number of aliphatic hydroxyl groups is 1. The molecule has 22 heavy (non-hydrogen) atoms. The first-order valence-corrected chi connectivity index (χ1v) is 7.92. The molecule has 2 rings (SSSR count). The van der Waals surface area contributed by atoms with Crippen LogP contribution in [0.15, 0.2) is 24.3 Å². The number of carbonyl (C=O) groups is 1. The standard InChI is InChI=1S/C14H17F3N2O2S/c15-14(16,17)11-3-1-2-10(6-11)7-18-12(20)19-8-13(21)4-5-22-9-13/h1-3,6,21H,4-5,7-9H2,(H2,18,19,20). The third kappa shape index (κ3) is 4.81. The van der Waals surface area contributed by atoms with Gasteiger partial charge in [0.2, 0.25) is 0 Å². The van der Waals surface area contributed by atoms with Crippen LogP contribution in [0.3, 0.4) is 0 Å². The summed E-state index contributed by atoms with van der Waals surface area (Å²) < 4.78 is 37.7. The maximum absolute atomic E-state index is 12.6. The van der Waals surface area contributed by atoms with Crippen LogP contribution in [0.1, 0.15) is 17.5 Å².